The van der Waals surface area contributed by atoms with Gasteiger partial charge in [-0.2, -0.15) is 0 Å². The van der Waals surface area contributed by atoms with E-state index in [1.54, 1.807) is 12.1 Å². The van der Waals surface area contributed by atoms with E-state index < -0.39 is 0 Å². The maximum atomic E-state index is 12.5. The van der Waals surface area contributed by atoms with E-state index in [1.807, 2.05) is 32.0 Å². The molecule has 0 aliphatic rings. The molecule has 1 aromatic heterocycles. The first-order valence-electron chi connectivity index (χ1n) is 6.41. The third-order valence-electron chi connectivity index (χ3n) is 3.07. The number of hydrogen-bond acceptors (Lipinski definition) is 3. The monoisotopic (exact) mass is 271 g/mol. The van der Waals surface area contributed by atoms with Crippen molar-refractivity contribution in [1.82, 2.24) is 0 Å². The maximum Gasteiger partial charge on any atom is 0.294 e. The second-order valence-corrected chi connectivity index (χ2v) is 4.81. The van der Waals surface area contributed by atoms with Crippen LogP contribution in [0.4, 0.5) is 5.69 Å². The number of rotatable bonds is 4. The number of anilines is 1. The van der Waals surface area contributed by atoms with Crippen LogP contribution in [0.15, 0.2) is 41.0 Å². The number of benzene rings is 1. The molecule has 1 amide bonds. The fourth-order valence-corrected chi connectivity index (χ4v) is 2.24. The Balaban J connectivity index is 2.48. The maximum absolute atomic E-state index is 12.5. The number of amides is 1. The zero-order valence-electron chi connectivity index (χ0n) is 11.8. The summed E-state index contributed by atoms with van der Waals surface area (Å²) in [6, 6.07) is 9.03. The van der Waals surface area contributed by atoms with Crippen LogP contribution in [0.1, 0.15) is 28.6 Å². The summed E-state index contributed by atoms with van der Waals surface area (Å²) in [6.45, 7) is 5.34. The van der Waals surface area contributed by atoms with E-state index in [4.69, 9.17) is 4.42 Å². The molecule has 0 saturated carbocycles. The highest BCUT2D eigenvalue weighted by atomic mass is 16.3. The minimum Gasteiger partial charge on any atom is -0.459 e. The van der Waals surface area contributed by atoms with Crippen LogP contribution in [0.3, 0.4) is 0 Å². The summed E-state index contributed by atoms with van der Waals surface area (Å²) in [5.41, 5.74) is 2.67. The van der Waals surface area contributed by atoms with Crippen molar-refractivity contribution < 1.29 is 14.0 Å². The summed E-state index contributed by atoms with van der Waals surface area (Å²) in [4.78, 5) is 25.5. The van der Waals surface area contributed by atoms with Crippen LogP contribution in [0.2, 0.25) is 0 Å². The quantitative estimate of drug-likeness (QED) is 0.858. The average molecular weight is 271 g/mol. The fraction of sp³-hybridized carbons (Fsp3) is 0.250. The number of carbonyl (C=O) groups is 2. The molecule has 1 aromatic carbocycles. The van der Waals surface area contributed by atoms with Crippen LogP contribution in [-0.4, -0.2) is 18.2 Å². The van der Waals surface area contributed by atoms with Gasteiger partial charge in [-0.05, 0) is 44.0 Å². The number of ketones is 1. The molecule has 0 unspecified atom stereocenters. The Hall–Kier alpha value is -2.36. The molecule has 1 heterocycles. The van der Waals surface area contributed by atoms with E-state index in [0.717, 1.165) is 16.8 Å². The lowest BCUT2D eigenvalue weighted by Crippen LogP contribution is -2.35. The second-order valence-electron chi connectivity index (χ2n) is 4.81. The molecule has 2 rings (SSSR count). The van der Waals surface area contributed by atoms with Crippen LogP contribution < -0.4 is 4.90 Å². The molecule has 4 nitrogen and oxygen atoms in total. The number of aryl methyl sites for hydroxylation is 2. The van der Waals surface area contributed by atoms with Gasteiger partial charge in [-0.1, -0.05) is 18.2 Å². The Labute approximate surface area is 118 Å². The predicted octanol–water partition coefficient (Wildman–Crippen LogP) is 3.13. The largest absolute Gasteiger partial charge is 0.459 e. The summed E-state index contributed by atoms with van der Waals surface area (Å²) in [5.74, 6) is -0.149. The third kappa shape index (κ3) is 2.79. The first-order valence-corrected chi connectivity index (χ1v) is 6.41. The van der Waals surface area contributed by atoms with E-state index in [9.17, 15) is 9.59 Å². The van der Waals surface area contributed by atoms with Crippen LogP contribution in [0, 0.1) is 13.8 Å². The standard InChI is InChI=1S/C16H17NO3/c1-11-6-4-7-12(2)15(11)17(10-13(3)18)16(19)14-8-5-9-20-14/h4-9H,10H2,1-3H3. The van der Waals surface area contributed by atoms with Gasteiger partial charge in [0.25, 0.3) is 5.91 Å². The van der Waals surface area contributed by atoms with Gasteiger partial charge >= 0.3 is 0 Å². The fourth-order valence-electron chi connectivity index (χ4n) is 2.24. The minimum absolute atomic E-state index is 0.0330. The first kappa shape index (κ1) is 14.1. The molecule has 0 aliphatic carbocycles. The number of para-hydroxylation sites is 1. The highest BCUT2D eigenvalue weighted by Gasteiger charge is 2.23. The van der Waals surface area contributed by atoms with Gasteiger partial charge in [-0.3, -0.25) is 14.5 Å². The SMILES string of the molecule is CC(=O)CN(C(=O)c1ccco1)c1c(C)cccc1C. The Morgan fingerprint density at radius 2 is 1.75 bits per heavy atom. The molecule has 0 bridgehead atoms. The first-order chi connectivity index (χ1) is 9.50. The summed E-state index contributed by atoms with van der Waals surface area (Å²) in [7, 11) is 0. The Bertz CT molecular complexity index is 609. The molecule has 0 spiro atoms. The normalized spacial score (nSPS) is 10.3. The molecule has 2 aromatic rings. The highest BCUT2D eigenvalue weighted by Crippen LogP contribution is 2.26. The van der Waals surface area contributed by atoms with Gasteiger partial charge in [-0.25, -0.2) is 0 Å². The Morgan fingerprint density at radius 1 is 1.10 bits per heavy atom. The molecule has 4 heteroatoms. The van der Waals surface area contributed by atoms with Crippen LogP contribution in [-0.2, 0) is 4.79 Å². The van der Waals surface area contributed by atoms with Crippen molar-refractivity contribution in [2.75, 3.05) is 11.4 Å². The van der Waals surface area contributed by atoms with E-state index >= 15 is 0 Å². The third-order valence-corrected chi connectivity index (χ3v) is 3.07. The van der Waals surface area contributed by atoms with Crippen molar-refractivity contribution in [1.29, 1.82) is 0 Å². The van der Waals surface area contributed by atoms with E-state index in [2.05, 4.69) is 0 Å². The predicted molar refractivity (Wildman–Crippen MR) is 77.0 cm³/mol. The molecule has 0 N–H and O–H groups in total. The average Bonchev–Trinajstić information content (AvgIpc) is 2.89. The van der Waals surface area contributed by atoms with E-state index in [0.29, 0.717) is 0 Å². The van der Waals surface area contributed by atoms with Crippen molar-refractivity contribution in [2.24, 2.45) is 0 Å². The topological polar surface area (TPSA) is 50.5 Å². The van der Waals surface area contributed by atoms with E-state index in [1.165, 1.54) is 18.1 Å². The van der Waals surface area contributed by atoms with Crippen molar-refractivity contribution >= 4 is 17.4 Å². The lowest BCUT2D eigenvalue weighted by atomic mass is 10.1. The zero-order chi connectivity index (χ0) is 14.7. The van der Waals surface area contributed by atoms with Gasteiger partial charge in [0, 0.05) is 0 Å². The van der Waals surface area contributed by atoms with Crippen molar-refractivity contribution in [3.05, 3.63) is 53.5 Å². The van der Waals surface area contributed by atoms with Crippen LogP contribution in [0.25, 0.3) is 0 Å². The molecular weight excluding hydrogens is 254 g/mol. The number of carbonyl (C=O) groups excluding carboxylic acids is 2. The number of hydrogen-bond donors (Lipinski definition) is 0. The molecule has 0 saturated heterocycles. The Morgan fingerprint density at radius 3 is 2.25 bits per heavy atom. The summed E-state index contributed by atoms with van der Waals surface area (Å²) in [5, 5.41) is 0. The molecular formula is C16H17NO3. The molecule has 104 valence electrons. The summed E-state index contributed by atoms with van der Waals surface area (Å²) in [6.07, 6.45) is 1.45. The van der Waals surface area contributed by atoms with E-state index in [-0.39, 0.29) is 24.0 Å². The Kier molecular flexibility index (Phi) is 4.03. The van der Waals surface area contributed by atoms with Crippen LogP contribution in [0.5, 0.6) is 0 Å². The number of nitrogens with zero attached hydrogens (tertiary/aromatic N) is 1. The summed E-state index contributed by atoms with van der Waals surface area (Å²) >= 11 is 0. The molecule has 20 heavy (non-hydrogen) atoms. The smallest absolute Gasteiger partial charge is 0.294 e. The van der Waals surface area contributed by atoms with Gasteiger partial charge in [0.1, 0.15) is 5.78 Å². The minimum atomic E-state index is -0.303. The molecule has 0 radical (unpaired) electrons. The van der Waals surface area contributed by atoms with Gasteiger partial charge in [0.05, 0.1) is 18.5 Å². The molecule has 0 aliphatic heterocycles. The highest BCUT2D eigenvalue weighted by molar-refractivity contribution is 6.07. The van der Waals surface area contributed by atoms with Gasteiger partial charge in [0.2, 0.25) is 0 Å². The van der Waals surface area contributed by atoms with Crippen LogP contribution >= 0.6 is 0 Å². The zero-order valence-corrected chi connectivity index (χ0v) is 11.8. The lowest BCUT2D eigenvalue weighted by Gasteiger charge is -2.24. The lowest BCUT2D eigenvalue weighted by molar-refractivity contribution is -0.115. The second kappa shape index (κ2) is 5.74. The number of furan rings is 1. The van der Waals surface area contributed by atoms with Crippen molar-refractivity contribution in [3.63, 3.8) is 0 Å². The van der Waals surface area contributed by atoms with Gasteiger partial charge in [-0.15, -0.1) is 0 Å². The number of Topliss-reactive ketones (excluding diaryl/α,β-unsaturated/α-hetero) is 1. The molecule has 0 fully saturated rings. The van der Waals surface area contributed by atoms with Gasteiger partial charge < -0.3 is 4.42 Å². The summed E-state index contributed by atoms with van der Waals surface area (Å²) < 4.78 is 5.16. The van der Waals surface area contributed by atoms with Crippen molar-refractivity contribution in [3.8, 4) is 0 Å². The molecule has 0 atom stereocenters. The van der Waals surface area contributed by atoms with Gasteiger partial charge in [0.15, 0.2) is 5.76 Å². The van der Waals surface area contributed by atoms with Crippen molar-refractivity contribution in [2.45, 2.75) is 20.8 Å².